The number of halogens is 2. The highest BCUT2D eigenvalue weighted by Crippen LogP contribution is 2.65. The van der Waals surface area contributed by atoms with Crippen LogP contribution in [0.2, 0.25) is 0 Å². The van der Waals surface area contributed by atoms with Gasteiger partial charge in [-0.05, 0) is 37.5 Å². The Morgan fingerprint density at radius 3 is 1.06 bits per heavy atom. The molecule has 0 aromatic rings. The molecule has 4 heteroatoms. The molecule has 0 spiro atoms. The molecule has 6 N–H and O–H groups in total. The molecule has 4 unspecified atom stereocenters. The van der Waals surface area contributed by atoms with E-state index in [1.54, 1.807) is 0 Å². The Kier molecular flexibility index (Phi) is 3.25. The average molecular weight is 265 g/mol. The molecule has 4 aliphatic carbocycles. The Bertz CT molecular complexity index is 234. The summed E-state index contributed by atoms with van der Waals surface area (Å²) < 4.78 is 0. The molecule has 4 fully saturated rings. The minimum atomic E-state index is 0. The van der Waals surface area contributed by atoms with Crippen LogP contribution in [0.25, 0.3) is 0 Å². The van der Waals surface area contributed by atoms with Crippen molar-refractivity contribution in [3.63, 3.8) is 0 Å². The monoisotopic (exact) mass is 264 g/mol. The Morgan fingerprint density at radius 2 is 0.812 bits per heavy atom. The fourth-order valence-electron chi connectivity index (χ4n) is 5.95. The van der Waals surface area contributed by atoms with Crippen molar-refractivity contribution in [1.29, 1.82) is 0 Å². The van der Waals surface area contributed by atoms with Crippen LogP contribution in [0, 0.1) is 35.5 Å². The van der Waals surface area contributed by atoms with Crippen LogP contribution in [0.15, 0.2) is 0 Å². The first-order valence-electron chi connectivity index (χ1n) is 6.45. The summed E-state index contributed by atoms with van der Waals surface area (Å²) in [7, 11) is 0. The van der Waals surface area contributed by atoms with E-state index in [0.29, 0.717) is 0 Å². The molecule has 0 aliphatic heterocycles. The lowest BCUT2D eigenvalue weighted by molar-refractivity contribution is -0.447. The maximum absolute atomic E-state index is 4.48. The molecule has 4 atom stereocenters. The summed E-state index contributed by atoms with van der Waals surface area (Å²) in [6.07, 6.45) is 5.93. The van der Waals surface area contributed by atoms with Gasteiger partial charge in [-0.2, -0.15) is 0 Å². The van der Waals surface area contributed by atoms with Crippen LogP contribution in [0.1, 0.15) is 25.7 Å². The maximum atomic E-state index is 4.48. The first kappa shape index (κ1) is 12.9. The highest BCUT2D eigenvalue weighted by Gasteiger charge is 2.68. The summed E-state index contributed by atoms with van der Waals surface area (Å²) in [6.45, 7) is 0. The third-order valence-corrected chi connectivity index (χ3v) is 6.29. The van der Waals surface area contributed by atoms with E-state index in [4.69, 9.17) is 0 Å². The highest BCUT2D eigenvalue weighted by atomic mass is 35.5. The van der Waals surface area contributed by atoms with Crippen LogP contribution < -0.4 is 36.3 Å². The quantitative estimate of drug-likeness (QED) is 0.438. The molecule has 0 heterocycles. The first-order valence-corrected chi connectivity index (χ1v) is 6.45. The standard InChI is InChI=1S/C12H20N2.2ClH/c13-11-5-1-2-6-9(5)10-7(11)3-4-8(10)12(6)14;;/h5-12H,1-4,13-14H2;2*1H. The van der Waals surface area contributed by atoms with Crippen molar-refractivity contribution in [2.75, 3.05) is 0 Å². The SMILES string of the molecule is [Cl-].[Cl-].[NH3+]C1C2CCC3C([NH3+])C4CCC1C4C23. The second-order valence-corrected chi connectivity index (χ2v) is 6.29. The van der Waals surface area contributed by atoms with Crippen LogP contribution in [-0.4, -0.2) is 12.1 Å². The number of hydrogen-bond donors (Lipinski definition) is 2. The summed E-state index contributed by atoms with van der Waals surface area (Å²) in [5.74, 6) is 6.15. The van der Waals surface area contributed by atoms with Gasteiger partial charge in [-0.3, -0.25) is 0 Å². The lowest BCUT2D eigenvalue weighted by atomic mass is 9.90. The third kappa shape index (κ3) is 1.22. The van der Waals surface area contributed by atoms with E-state index in [1.165, 1.54) is 25.7 Å². The summed E-state index contributed by atoms with van der Waals surface area (Å²) >= 11 is 0. The molecule has 4 saturated carbocycles. The molecule has 0 saturated heterocycles. The summed E-state index contributed by atoms with van der Waals surface area (Å²) in [6, 6.07) is 1.62. The second-order valence-electron chi connectivity index (χ2n) is 6.29. The van der Waals surface area contributed by atoms with E-state index in [9.17, 15) is 0 Å². The molecule has 2 nitrogen and oxygen atoms in total. The van der Waals surface area contributed by atoms with Crippen molar-refractivity contribution >= 4 is 0 Å². The van der Waals surface area contributed by atoms with E-state index in [1.807, 2.05) is 0 Å². The largest absolute Gasteiger partial charge is 1.00 e. The van der Waals surface area contributed by atoms with Gasteiger partial charge in [0.05, 0.1) is 12.1 Å². The predicted molar refractivity (Wildman–Crippen MR) is 52.8 cm³/mol. The molecule has 4 rings (SSSR count). The predicted octanol–water partition coefficient (Wildman–Crippen LogP) is -6.47. The molecular weight excluding hydrogens is 243 g/mol. The number of quaternary nitrogens is 2. The smallest absolute Gasteiger partial charge is 0.0906 e. The van der Waals surface area contributed by atoms with Gasteiger partial charge in [0, 0.05) is 23.7 Å². The summed E-state index contributed by atoms with van der Waals surface area (Å²) in [4.78, 5) is 0. The Balaban J connectivity index is 0.000000482. The third-order valence-electron chi connectivity index (χ3n) is 6.29. The molecule has 94 valence electrons. The van der Waals surface area contributed by atoms with Crippen molar-refractivity contribution < 1.29 is 36.3 Å². The zero-order valence-electron chi connectivity index (χ0n) is 9.62. The van der Waals surface area contributed by atoms with Gasteiger partial charge in [0.25, 0.3) is 0 Å². The molecule has 0 bridgehead atoms. The van der Waals surface area contributed by atoms with Crippen LogP contribution in [0.4, 0.5) is 0 Å². The Labute approximate surface area is 110 Å². The van der Waals surface area contributed by atoms with Gasteiger partial charge in [-0.15, -0.1) is 0 Å². The zero-order valence-corrected chi connectivity index (χ0v) is 11.1. The van der Waals surface area contributed by atoms with Crippen molar-refractivity contribution in [3.05, 3.63) is 0 Å². The maximum Gasteiger partial charge on any atom is 0.0906 e. The van der Waals surface area contributed by atoms with Gasteiger partial charge >= 0.3 is 0 Å². The fraction of sp³-hybridized carbons (Fsp3) is 1.00. The molecule has 0 aromatic heterocycles. The molecule has 4 aliphatic rings. The minimum Gasteiger partial charge on any atom is -1.00 e. The molecule has 0 aromatic carbocycles. The van der Waals surface area contributed by atoms with Crippen molar-refractivity contribution in [2.24, 2.45) is 35.5 Å². The molecule has 0 amide bonds. The molecular formula is C12H22Cl2N2. The van der Waals surface area contributed by atoms with Crippen LogP contribution >= 0.6 is 0 Å². The van der Waals surface area contributed by atoms with Crippen LogP contribution in [-0.2, 0) is 0 Å². The van der Waals surface area contributed by atoms with Crippen molar-refractivity contribution in [1.82, 2.24) is 0 Å². The summed E-state index contributed by atoms with van der Waals surface area (Å²) in [5.41, 5.74) is 8.96. The first-order chi connectivity index (χ1) is 6.79. The normalized spacial score (nSPS) is 60.4. The minimum absolute atomic E-state index is 0. The lowest BCUT2D eigenvalue weighted by Crippen LogP contribution is -3.00. The van der Waals surface area contributed by atoms with Gasteiger partial charge in [-0.25, -0.2) is 0 Å². The molecule has 16 heavy (non-hydrogen) atoms. The van der Waals surface area contributed by atoms with Gasteiger partial charge < -0.3 is 36.3 Å². The lowest BCUT2D eigenvalue weighted by Gasteiger charge is -2.14. The summed E-state index contributed by atoms with van der Waals surface area (Å²) in [5, 5.41) is 0. The van der Waals surface area contributed by atoms with Gasteiger partial charge in [-0.1, -0.05) is 0 Å². The van der Waals surface area contributed by atoms with E-state index < -0.39 is 0 Å². The van der Waals surface area contributed by atoms with Gasteiger partial charge in [0.2, 0.25) is 0 Å². The Hall–Kier alpha value is 0.500. The van der Waals surface area contributed by atoms with E-state index in [2.05, 4.69) is 11.5 Å². The number of rotatable bonds is 0. The van der Waals surface area contributed by atoms with E-state index >= 15 is 0 Å². The van der Waals surface area contributed by atoms with Crippen LogP contribution in [0.3, 0.4) is 0 Å². The van der Waals surface area contributed by atoms with E-state index in [0.717, 1.165) is 47.6 Å². The fourth-order valence-corrected chi connectivity index (χ4v) is 5.95. The zero-order chi connectivity index (χ0) is 9.45. The average Bonchev–Trinajstić information content (AvgIpc) is 2.83. The van der Waals surface area contributed by atoms with Crippen molar-refractivity contribution in [3.8, 4) is 0 Å². The highest BCUT2D eigenvalue weighted by molar-refractivity contribution is 5.14. The number of hydrogen-bond acceptors (Lipinski definition) is 0. The van der Waals surface area contributed by atoms with E-state index in [-0.39, 0.29) is 24.8 Å². The Morgan fingerprint density at radius 1 is 0.562 bits per heavy atom. The van der Waals surface area contributed by atoms with Gasteiger partial charge in [0.15, 0.2) is 0 Å². The molecule has 0 radical (unpaired) electrons. The topological polar surface area (TPSA) is 55.3 Å². The van der Waals surface area contributed by atoms with Crippen LogP contribution in [0.5, 0.6) is 0 Å². The second kappa shape index (κ2) is 4.01. The van der Waals surface area contributed by atoms with Gasteiger partial charge in [0.1, 0.15) is 0 Å². The van der Waals surface area contributed by atoms with Crippen molar-refractivity contribution in [2.45, 2.75) is 37.8 Å².